The van der Waals surface area contributed by atoms with Crippen LogP contribution in [0, 0.1) is 0 Å². The van der Waals surface area contributed by atoms with E-state index < -0.39 is 5.54 Å². The van der Waals surface area contributed by atoms with E-state index in [9.17, 15) is 4.79 Å². The molecule has 1 rings (SSSR count). The molecule has 3 N–H and O–H groups in total. The average Bonchev–Trinajstić information content (AvgIpc) is 2.37. The van der Waals surface area contributed by atoms with Gasteiger partial charge in [-0.15, -0.1) is 0 Å². The van der Waals surface area contributed by atoms with Gasteiger partial charge in [0.2, 0.25) is 0 Å². The summed E-state index contributed by atoms with van der Waals surface area (Å²) in [5, 5.41) is 2.87. The topological polar surface area (TPSA) is 64.2 Å². The Hall–Kier alpha value is -1.43. The SMILES string of the molecule is CO[NH2+]C(C)(C)C(=O)Nc1ccc(COC(C)C)cc1. The Labute approximate surface area is 120 Å². The predicted molar refractivity (Wildman–Crippen MR) is 78.0 cm³/mol. The number of carbonyl (C=O) groups is 1. The maximum absolute atomic E-state index is 12.1. The summed E-state index contributed by atoms with van der Waals surface area (Å²) in [7, 11) is 1.54. The van der Waals surface area contributed by atoms with Crippen LogP contribution in [0.1, 0.15) is 33.3 Å². The third-order valence-electron chi connectivity index (χ3n) is 2.79. The molecule has 1 aromatic rings. The molecule has 0 radical (unpaired) electrons. The van der Waals surface area contributed by atoms with E-state index in [2.05, 4.69) is 5.32 Å². The van der Waals surface area contributed by atoms with Gasteiger partial charge in [-0.05, 0) is 31.5 Å². The van der Waals surface area contributed by atoms with Crippen LogP contribution in [0.15, 0.2) is 24.3 Å². The van der Waals surface area contributed by atoms with Crippen molar-refractivity contribution in [3.05, 3.63) is 29.8 Å². The van der Waals surface area contributed by atoms with Gasteiger partial charge >= 0.3 is 0 Å². The van der Waals surface area contributed by atoms with E-state index in [1.165, 1.54) is 5.48 Å². The molecule has 0 aliphatic rings. The van der Waals surface area contributed by atoms with E-state index in [0.29, 0.717) is 6.61 Å². The molecule has 112 valence electrons. The first kappa shape index (κ1) is 16.6. The molecule has 5 heteroatoms. The highest BCUT2D eigenvalue weighted by molar-refractivity contribution is 5.96. The van der Waals surface area contributed by atoms with Crippen LogP contribution < -0.4 is 10.8 Å². The van der Waals surface area contributed by atoms with Crippen LogP contribution in [-0.2, 0) is 21.0 Å². The van der Waals surface area contributed by atoms with Crippen LogP contribution in [0.25, 0.3) is 0 Å². The number of nitrogens with one attached hydrogen (secondary N) is 1. The molecule has 1 aromatic carbocycles. The van der Waals surface area contributed by atoms with Gasteiger partial charge in [-0.3, -0.25) is 4.79 Å². The predicted octanol–water partition coefficient (Wildman–Crippen LogP) is 1.45. The van der Waals surface area contributed by atoms with Crippen LogP contribution >= 0.6 is 0 Å². The Morgan fingerprint density at radius 3 is 2.40 bits per heavy atom. The van der Waals surface area contributed by atoms with Crippen molar-refractivity contribution in [2.24, 2.45) is 0 Å². The maximum atomic E-state index is 12.1. The Bertz CT molecular complexity index is 427. The van der Waals surface area contributed by atoms with Crippen molar-refractivity contribution < 1.29 is 19.8 Å². The summed E-state index contributed by atoms with van der Waals surface area (Å²) in [4.78, 5) is 17.0. The lowest BCUT2D eigenvalue weighted by molar-refractivity contribution is -0.923. The quantitative estimate of drug-likeness (QED) is 0.744. The van der Waals surface area contributed by atoms with Crippen molar-refractivity contribution in [1.82, 2.24) is 0 Å². The van der Waals surface area contributed by atoms with Crippen LogP contribution in [0.5, 0.6) is 0 Å². The Kier molecular flexibility index (Phi) is 6.13. The number of anilines is 1. The van der Waals surface area contributed by atoms with E-state index in [4.69, 9.17) is 9.57 Å². The van der Waals surface area contributed by atoms with Crippen LogP contribution in [0.4, 0.5) is 5.69 Å². The molecule has 0 heterocycles. The van der Waals surface area contributed by atoms with Crippen molar-refractivity contribution in [2.75, 3.05) is 12.4 Å². The van der Waals surface area contributed by atoms with Crippen LogP contribution in [-0.4, -0.2) is 24.7 Å². The molecule has 0 spiro atoms. The minimum absolute atomic E-state index is 0.106. The number of hydrogen-bond donors (Lipinski definition) is 2. The fraction of sp³-hybridized carbons (Fsp3) is 0.533. The Morgan fingerprint density at radius 1 is 1.30 bits per heavy atom. The highest BCUT2D eigenvalue weighted by atomic mass is 16.6. The van der Waals surface area contributed by atoms with E-state index in [0.717, 1.165) is 11.3 Å². The number of benzene rings is 1. The van der Waals surface area contributed by atoms with Crippen LogP contribution in [0.2, 0.25) is 0 Å². The number of rotatable bonds is 7. The van der Waals surface area contributed by atoms with Crippen molar-refractivity contribution in [1.29, 1.82) is 0 Å². The van der Waals surface area contributed by atoms with Gasteiger partial charge in [0.25, 0.3) is 5.91 Å². The molecule has 0 aliphatic carbocycles. The third-order valence-corrected chi connectivity index (χ3v) is 2.79. The molecule has 0 unspecified atom stereocenters. The summed E-state index contributed by atoms with van der Waals surface area (Å²) >= 11 is 0. The molecule has 1 amide bonds. The van der Waals surface area contributed by atoms with Gasteiger partial charge in [0.05, 0.1) is 19.8 Å². The smallest absolute Gasteiger partial charge is 0.288 e. The summed E-state index contributed by atoms with van der Waals surface area (Å²) in [5.41, 5.74) is 2.70. The standard InChI is InChI=1S/C15H24N2O3/c1-11(2)20-10-12-6-8-13(9-7-12)16-14(18)15(3,4)17-19-5/h6-9,11,17H,10H2,1-5H3,(H,16,18)/p+1. The molecular weight excluding hydrogens is 256 g/mol. The summed E-state index contributed by atoms with van der Waals surface area (Å²) in [6.45, 7) is 8.19. The molecule has 0 saturated carbocycles. The molecule has 0 bridgehead atoms. The third kappa shape index (κ3) is 5.28. The fourth-order valence-corrected chi connectivity index (χ4v) is 1.59. The Balaban J connectivity index is 2.59. The van der Waals surface area contributed by atoms with Gasteiger partial charge in [0.15, 0.2) is 5.54 Å². The van der Waals surface area contributed by atoms with Gasteiger partial charge in [-0.2, -0.15) is 5.48 Å². The molecule has 5 nitrogen and oxygen atoms in total. The lowest BCUT2D eigenvalue weighted by Gasteiger charge is -2.19. The molecule has 0 aliphatic heterocycles. The normalized spacial score (nSPS) is 11.7. The molecule has 0 aromatic heterocycles. The lowest BCUT2D eigenvalue weighted by atomic mass is 10.1. The van der Waals surface area contributed by atoms with Crippen molar-refractivity contribution in [2.45, 2.75) is 45.9 Å². The lowest BCUT2D eigenvalue weighted by Crippen LogP contribution is -2.96. The highest BCUT2D eigenvalue weighted by Crippen LogP contribution is 2.12. The van der Waals surface area contributed by atoms with E-state index in [1.54, 1.807) is 21.0 Å². The molecule has 0 saturated heterocycles. The summed E-state index contributed by atoms with van der Waals surface area (Å²) in [6.07, 6.45) is 0.208. The number of hydrogen-bond acceptors (Lipinski definition) is 3. The van der Waals surface area contributed by atoms with Crippen LogP contribution in [0.3, 0.4) is 0 Å². The van der Waals surface area contributed by atoms with Crippen molar-refractivity contribution >= 4 is 11.6 Å². The van der Waals surface area contributed by atoms with E-state index in [1.807, 2.05) is 38.1 Å². The number of ether oxygens (including phenoxy) is 1. The zero-order valence-electron chi connectivity index (χ0n) is 12.9. The number of hydroxylamine groups is 1. The maximum Gasteiger partial charge on any atom is 0.288 e. The number of carbonyl (C=O) groups excluding carboxylic acids is 1. The second-order valence-electron chi connectivity index (χ2n) is 5.59. The van der Waals surface area contributed by atoms with Gasteiger partial charge in [0.1, 0.15) is 0 Å². The van der Waals surface area contributed by atoms with Crippen molar-refractivity contribution in [3.63, 3.8) is 0 Å². The van der Waals surface area contributed by atoms with Gasteiger partial charge in [-0.25, -0.2) is 4.84 Å². The first-order valence-corrected chi connectivity index (χ1v) is 6.74. The zero-order chi connectivity index (χ0) is 15.2. The van der Waals surface area contributed by atoms with Gasteiger partial charge < -0.3 is 10.1 Å². The second kappa shape index (κ2) is 7.38. The minimum Gasteiger partial charge on any atom is -0.374 e. The fourth-order valence-electron chi connectivity index (χ4n) is 1.59. The van der Waals surface area contributed by atoms with E-state index in [-0.39, 0.29) is 12.0 Å². The molecule has 0 fully saturated rings. The average molecular weight is 281 g/mol. The highest BCUT2D eigenvalue weighted by Gasteiger charge is 2.32. The molecule has 20 heavy (non-hydrogen) atoms. The summed E-state index contributed by atoms with van der Waals surface area (Å²) in [5.74, 6) is -0.106. The monoisotopic (exact) mass is 281 g/mol. The summed E-state index contributed by atoms with van der Waals surface area (Å²) < 4.78 is 5.53. The van der Waals surface area contributed by atoms with E-state index >= 15 is 0 Å². The van der Waals surface area contributed by atoms with Gasteiger partial charge in [0, 0.05) is 19.5 Å². The second-order valence-corrected chi connectivity index (χ2v) is 5.59. The van der Waals surface area contributed by atoms with Crippen molar-refractivity contribution in [3.8, 4) is 0 Å². The number of amides is 1. The number of quaternary nitrogens is 1. The van der Waals surface area contributed by atoms with Gasteiger partial charge in [-0.1, -0.05) is 12.1 Å². The number of nitrogens with two attached hydrogens (primary N) is 1. The molecular formula is C15H25N2O3+. The summed E-state index contributed by atoms with van der Waals surface area (Å²) in [6, 6.07) is 7.65. The minimum atomic E-state index is -0.672. The Morgan fingerprint density at radius 2 is 1.90 bits per heavy atom. The molecule has 0 atom stereocenters. The first-order valence-electron chi connectivity index (χ1n) is 6.74. The zero-order valence-corrected chi connectivity index (χ0v) is 12.9. The first-order chi connectivity index (χ1) is 9.35. The largest absolute Gasteiger partial charge is 0.374 e.